The van der Waals surface area contributed by atoms with Crippen LogP contribution in [0.2, 0.25) is 0 Å². The molecule has 0 aliphatic heterocycles. The van der Waals surface area contributed by atoms with Gasteiger partial charge in [-0.25, -0.2) is 9.37 Å². The molecule has 106 valence electrons. The van der Waals surface area contributed by atoms with Crippen molar-refractivity contribution >= 4 is 5.69 Å². The third kappa shape index (κ3) is 2.74. The molecule has 20 heavy (non-hydrogen) atoms. The highest BCUT2D eigenvalue weighted by atomic mass is 19.1. The van der Waals surface area contributed by atoms with Gasteiger partial charge >= 0.3 is 0 Å². The van der Waals surface area contributed by atoms with E-state index < -0.39 is 0 Å². The fourth-order valence-corrected chi connectivity index (χ4v) is 2.25. The summed E-state index contributed by atoms with van der Waals surface area (Å²) in [6, 6.07) is 6.59. The van der Waals surface area contributed by atoms with Crippen LogP contribution in [-0.2, 0) is 0 Å². The zero-order chi connectivity index (χ0) is 14.9. The van der Waals surface area contributed by atoms with Crippen LogP contribution in [0.25, 0.3) is 11.1 Å². The van der Waals surface area contributed by atoms with E-state index in [0.717, 1.165) is 16.8 Å². The third-order valence-electron chi connectivity index (χ3n) is 3.25. The predicted octanol–water partition coefficient (Wildman–Crippen LogP) is 3.91. The van der Waals surface area contributed by atoms with Crippen molar-refractivity contribution in [3.63, 3.8) is 0 Å². The van der Waals surface area contributed by atoms with Gasteiger partial charge in [-0.2, -0.15) is 0 Å². The molecule has 0 saturated carbocycles. The van der Waals surface area contributed by atoms with Gasteiger partial charge in [0.25, 0.3) is 0 Å². The molecule has 0 amide bonds. The molecule has 0 unspecified atom stereocenters. The minimum Gasteiger partial charge on any atom is -0.481 e. The van der Waals surface area contributed by atoms with Gasteiger partial charge in [-0.15, -0.1) is 0 Å². The molecular formula is C16H19FN2O. The molecule has 2 N–H and O–H groups in total. The fraction of sp³-hybridized carbons (Fsp3) is 0.312. The number of rotatable bonds is 3. The molecule has 0 saturated heterocycles. The summed E-state index contributed by atoms with van der Waals surface area (Å²) in [6.07, 6.45) is 0. The molecule has 0 aliphatic carbocycles. The van der Waals surface area contributed by atoms with E-state index in [1.165, 1.54) is 12.1 Å². The first-order chi connectivity index (χ1) is 9.42. The van der Waals surface area contributed by atoms with Crippen molar-refractivity contribution < 1.29 is 9.13 Å². The first-order valence-corrected chi connectivity index (χ1v) is 6.54. The number of hydrogen-bond donors (Lipinski definition) is 1. The van der Waals surface area contributed by atoms with Gasteiger partial charge < -0.3 is 10.5 Å². The molecule has 0 fully saturated rings. The Balaban J connectivity index is 2.66. The lowest BCUT2D eigenvalue weighted by atomic mass is 9.94. The summed E-state index contributed by atoms with van der Waals surface area (Å²) in [6.45, 7) is 5.85. The predicted molar refractivity (Wildman–Crippen MR) is 79.4 cm³/mol. The van der Waals surface area contributed by atoms with Crippen LogP contribution in [0.5, 0.6) is 5.88 Å². The number of hydrogen-bond acceptors (Lipinski definition) is 3. The SMILES string of the molecule is COc1cc(-c2cc(F)cc(C(C)C)c2N)cc(C)n1. The van der Waals surface area contributed by atoms with E-state index in [-0.39, 0.29) is 11.7 Å². The smallest absolute Gasteiger partial charge is 0.213 e. The quantitative estimate of drug-likeness (QED) is 0.863. The van der Waals surface area contributed by atoms with Crippen LogP contribution in [0.15, 0.2) is 24.3 Å². The summed E-state index contributed by atoms with van der Waals surface area (Å²) in [4.78, 5) is 4.23. The Hall–Kier alpha value is -2.10. The summed E-state index contributed by atoms with van der Waals surface area (Å²) in [5.41, 5.74) is 9.91. The van der Waals surface area contributed by atoms with Crippen LogP contribution in [0, 0.1) is 12.7 Å². The zero-order valence-electron chi connectivity index (χ0n) is 12.2. The Kier molecular flexibility index (Phi) is 3.93. The fourth-order valence-electron chi connectivity index (χ4n) is 2.25. The van der Waals surface area contributed by atoms with Crippen LogP contribution in [-0.4, -0.2) is 12.1 Å². The van der Waals surface area contributed by atoms with E-state index in [1.807, 2.05) is 26.8 Å². The van der Waals surface area contributed by atoms with Crippen molar-refractivity contribution in [3.05, 3.63) is 41.3 Å². The van der Waals surface area contributed by atoms with Crippen molar-refractivity contribution in [2.75, 3.05) is 12.8 Å². The van der Waals surface area contributed by atoms with Gasteiger partial charge in [-0.05, 0) is 42.2 Å². The Morgan fingerprint density at radius 1 is 1.20 bits per heavy atom. The van der Waals surface area contributed by atoms with Crippen LogP contribution in [0.1, 0.15) is 31.0 Å². The van der Waals surface area contributed by atoms with E-state index in [2.05, 4.69) is 4.98 Å². The first kappa shape index (κ1) is 14.3. The Labute approximate surface area is 118 Å². The zero-order valence-corrected chi connectivity index (χ0v) is 12.2. The van der Waals surface area contributed by atoms with Crippen molar-refractivity contribution in [3.8, 4) is 17.0 Å². The molecule has 3 nitrogen and oxygen atoms in total. The minimum absolute atomic E-state index is 0.161. The number of nitrogens with zero attached hydrogens (tertiary/aromatic N) is 1. The Morgan fingerprint density at radius 2 is 1.90 bits per heavy atom. The minimum atomic E-state index is -0.286. The molecule has 0 atom stereocenters. The average molecular weight is 274 g/mol. The highest BCUT2D eigenvalue weighted by molar-refractivity contribution is 5.79. The molecule has 1 heterocycles. The molecule has 0 aliphatic rings. The van der Waals surface area contributed by atoms with Gasteiger partial charge in [0, 0.05) is 23.0 Å². The lowest BCUT2D eigenvalue weighted by molar-refractivity contribution is 0.397. The summed E-state index contributed by atoms with van der Waals surface area (Å²) in [5, 5.41) is 0. The molecule has 4 heteroatoms. The number of nitrogens with two attached hydrogens (primary N) is 1. The van der Waals surface area contributed by atoms with E-state index in [1.54, 1.807) is 13.2 Å². The standard InChI is InChI=1S/C16H19FN2O/c1-9(2)13-7-12(17)8-14(16(13)18)11-5-10(3)19-15(6-11)20-4/h5-9H,18H2,1-4H3. The number of aromatic nitrogens is 1. The molecule has 0 bridgehead atoms. The molecular weight excluding hydrogens is 255 g/mol. The number of aryl methyl sites for hydroxylation is 1. The second-order valence-corrected chi connectivity index (χ2v) is 5.15. The van der Waals surface area contributed by atoms with Gasteiger partial charge in [0.2, 0.25) is 5.88 Å². The van der Waals surface area contributed by atoms with Crippen molar-refractivity contribution in [1.29, 1.82) is 0 Å². The van der Waals surface area contributed by atoms with Crippen LogP contribution in [0.3, 0.4) is 0 Å². The summed E-state index contributed by atoms with van der Waals surface area (Å²) < 4.78 is 19.0. The van der Waals surface area contributed by atoms with Gasteiger partial charge in [-0.1, -0.05) is 13.8 Å². The maximum atomic E-state index is 13.8. The summed E-state index contributed by atoms with van der Waals surface area (Å²) in [7, 11) is 1.56. The molecule has 2 rings (SSSR count). The van der Waals surface area contributed by atoms with Crippen LogP contribution in [0.4, 0.5) is 10.1 Å². The highest BCUT2D eigenvalue weighted by Crippen LogP contribution is 2.34. The molecule has 2 aromatic rings. The van der Waals surface area contributed by atoms with E-state index in [0.29, 0.717) is 17.1 Å². The number of halogens is 1. The van der Waals surface area contributed by atoms with Gasteiger partial charge in [0.05, 0.1) is 7.11 Å². The molecule has 1 aromatic heterocycles. The van der Waals surface area contributed by atoms with E-state index >= 15 is 0 Å². The van der Waals surface area contributed by atoms with E-state index in [9.17, 15) is 4.39 Å². The molecule has 0 spiro atoms. The lowest BCUT2D eigenvalue weighted by Gasteiger charge is -2.15. The third-order valence-corrected chi connectivity index (χ3v) is 3.25. The normalized spacial score (nSPS) is 10.9. The largest absolute Gasteiger partial charge is 0.481 e. The molecule has 0 radical (unpaired) electrons. The Morgan fingerprint density at radius 3 is 2.50 bits per heavy atom. The first-order valence-electron chi connectivity index (χ1n) is 6.54. The lowest BCUT2D eigenvalue weighted by Crippen LogP contribution is -2.01. The van der Waals surface area contributed by atoms with Gasteiger partial charge in [0.15, 0.2) is 0 Å². The maximum absolute atomic E-state index is 13.8. The van der Waals surface area contributed by atoms with Gasteiger partial charge in [-0.3, -0.25) is 0 Å². The van der Waals surface area contributed by atoms with Crippen LogP contribution < -0.4 is 10.5 Å². The second-order valence-electron chi connectivity index (χ2n) is 5.15. The topological polar surface area (TPSA) is 48.1 Å². The number of ether oxygens (including phenoxy) is 1. The molecule has 1 aromatic carbocycles. The Bertz CT molecular complexity index is 639. The number of nitrogen functional groups attached to an aromatic ring is 1. The number of pyridine rings is 1. The number of methoxy groups -OCH3 is 1. The summed E-state index contributed by atoms with van der Waals surface area (Å²) in [5.74, 6) is 0.371. The van der Waals surface area contributed by atoms with Crippen molar-refractivity contribution in [2.45, 2.75) is 26.7 Å². The van der Waals surface area contributed by atoms with Crippen LogP contribution >= 0.6 is 0 Å². The maximum Gasteiger partial charge on any atom is 0.213 e. The second kappa shape index (κ2) is 5.49. The number of anilines is 1. The van der Waals surface area contributed by atoms with E-state index in [4.69, 9.17) is 10.5 Å². The average Bonchev–Trinajstić information content (AvgIpc) is 2.39. The van der Waals surface area contributed by atoms with Crippen molar-refractivity contribution in [1.82, 2.24) is 4.98 Å². The van der Waals surface area contributed by atoms with Crippen molar-refractivity contribution in [2.24, 2.45) is 0 Å². The number of benzene rings is 1. The monoisotopic (exact) mass is 274 g/mol. The van der Waals surface area contributed by atoms with Gasteiger partial charge in [0.1, 0.15) is 5.82 Å². The highest BCUT2D eigenvalue weighted by Gasteiger charge is 2.14. The summed E-state index contributed by atoms with van der Waals surface area (Å²) >= 11 is 0.